The standard InChI is InChI=1S/C8H12N2O2/c1-10(2,3)7-5-9-4-6(7)8(11)12/h4-5,9H,1-3H3/p+1. The molecule has 2 N–H and O–H groups in total. The summed E-state index contributed by atoms with van der Waals surface area (Å²) in [6, 6.07) is 0. The van der Waals surface area contributed by atoms with E-state index in [0.29, 0.717) is 10.0 Å². The Morgan fingerprint density at radius 3 is 2.33 bits per heavy atom. The molecular weight excluding hydrogens is 156 g/mol. The molecule has 0 fully saturated rings. The molecule has 0 aliphatic carbocycles. The zero-order valence-corrected chi connectivity index (χ0v) is 7.46. The number of aromatic nitrogens is 1. The Morgan fingerprint density at radius 2 is 2.00 bits per heavy atom. The summed E-state index contributed by atoms with van der Waals surface area (Å²) in [4.78, 5) is 13.5. The van der Waals surface area contributed by atoms with Gasteiger partial charge in [0.05, 0.1) is 27.3 Å². The second-order valence-corrected chi connectivity index (χ2v) is 3.57. The van der Waals surface area contributed by atoms with Crippen LogP contribution in [0.3, 0.4) is 0 Å². The maximum Gasteiger partial charge on any atom is 0.343 e. The molecule has 66 valence electrons. The second-order valence-electron chi connectivity index (χ2n) is 3.57. The molecule has 0 radical (unpaired) electrons. The van der Waals surface area contributed by atoms with Gasteiger partial charge >= 0.3 is 5.97 Å². The zero-order valence-electron chi connectivity index (χ0n) is 7.46. The van der Waals surface area contributed by atoms with Gasteiger partial charge in [-0.25, -0.2) is 4.79 Å². The molecule has 0 atom stereocenters. The SMILES string of the molecule is C[N+](C)(C)c1c[nH]cc1C(=O)O. The highest BCUT2D eigenvalue weighted by Gasteiger charge is 2.22. The van der Waals surface area contributed by atoms with Gasteiger partial charge in [-0.3, -0.25) is 4.48 Å². The number of nitrogens with zero attached hydrogens (tertiary/aromatic N) is 1. The van der Waals surface area contributed by atoms with Crippen LogP contribution < -0.4 is 4.48 Å². The first-order valence-electron chi connectivity index (χ1n) is 3.65. The normalized spacial score (nSPS) is 11.6. The number of nitrogens with one attached hydrogen (secondary N) is 1. The maximum absolute atomic E-state index is 10.7. The van der Waals surface area contributed by atoms with Gasteiger partial charge in [0.1, 0.15) is 5.56 Å². The summed E-state index contributed by atoms with van der Waals surface area (Å²) >= 11 is 0. The number of carboxylic acid groups (broad SMARTS) is 1. The molecule has 0 amide bonds. The largest absolute Gasteiger partial charge is 0.477 e. The van der Waals surface area contributed by atoms with Gasteiger partial charge in [-0.2, -0.15) is 0 Å². The van der Waals surface area contributed by atoms with Crippen molar-refractivity contribution in [1.29, 1.82) is 0 Å². The van der Waals surface area contributed by atoms with E-state index >= 15 is 0 Å². The monoisotopic (exact) mass is 169 g/mol. The van der Waals surface area contributed by atoms with Crippen LogP contribution in [0.5, 0.6) is 0 Å². The number of quaternary nitrogens is 1. The third-order valence-corrected chi connectivity index (χ3v) is 1.68. The predicted octanol–water partition coefficient (Wildman–Crippen LogP) is 0.910. The van der Waals surface area contributed by atoms with Gasteiger partial charge in [0.15, 0.2) is 5.69 Å². The van der Waals surface area contributed by atoms with E-state index in [1.165, 1.54) is 6.20 Å². The van der Waals surface area contributed by atoms with Crippen LogP contribution in [0, 0.1) is 0 Å². The minimum Gasteiger partial charge on any atom is -0.477 e. The molecule has 0 saturated carbocycles. The van der Waals surface area contributed by atoms with Crippen molar-refractivity contribution in [2.75, 3.05) is 21.1 Å². The lowest BCUT2D eigenvalue weighted by atomic mass is 10.2. The Balaban J connectivity index is 3.17. The van der Waals surface area contributed by atoms with Crippen LogP contribution in [0.15, 0.2) is 12.4 Å². The van der Waals surface area contributed by atoms with Crippen molar-refractivity contribution < 1.29 is 9.90 Å². The van der Waals surface area contributed by atoms with Crippen LogP contribution in [0.2, 0.25) is 0 Å². The summed E-state index contributed by atoms with van der Waals surface area (Å²) in [5.74, 6) is -0.890. The van der Waals surface area contributed by atoms with Crippen LogP contribution in [0.25, 0.3) is 0 Å². The van der Waals surface area contributed by atoms with Crippen LogP contribution in [-0.2, 0) is 0 Å². The van der Waals surface area contributed by atoms with Gasteiger partial charge in [-0.05, 0) is 0 Å². The fourth-order valence-corrected chi connectivity index (χ4v) is 1.08. The van der Waals surface area contributed by atoms with Crippen molar-refractivity contribution >= 4 is 11.7 Å². The molecule has 0 aliphatic rings. The molecule has 0 bridgehead atoms. The molecular formula is C8H13N2O2+. The van der Waals surface area contributed by atoms with Crippen molar-refractivity contribution in [3.8, 4) is 0 Å². The predicted molar refractivity (Wildman–Crippen MR) is 47.3 cm³/mol. The summed E-state index contributed by atoms with van der Waals surface area (Å²) in [6.07, 6.45) is 3.21. The molecule has 0 saturated heterocycles. The van der Waals surface area contributed by atoms with Gasteiger partial charge in [0, 0.05) is 6.20 Å². The number of aromatic amines is 1. The number of hydrogen-bond donors (Lipinski definition) is 2. The summed E-state index contributed by atoms with van der Waals surface area (Å²) in [6.45, 7) is 0. The van der Waals surface area contributed by atoms with Gasteiger partial charge in [-0.15, -0.1) is 0 Å². The first-order valence-corrected chi connectivity index (χ1v) is 3.65. The topological polar surface area (TPSA) is 53.1 Å². The molecule has 0 aliphatic heterocycles. The van der Waals surface area contributed by atoms with Crippen molar-refractivity contribution in [2.24, 2.45) is 0 Å². The Labute approximate surface area is 71.0 Å². The quantitative estimate of drug-likeness (QED) is 0.646. The van der Waals surface area contributed by atoms with E-state index in [1.54, 1.807) is 6.20 Å². The molecule has 0 spiro atoms. The first kappa shape index (κ1) is 8.80. The lowest BCUT2D eigenvalue weighted by Gasteiger charge is -2.22. The third kappa shape index (κ3) is 1.48. The molecule has 12 heavy (non-hydrogen) atoms. The molecule has 1 rings (SSSR count). The van der Waals surface area contributed by atoms with E-state index in [2.05, 4.69) is 4.98 Å². The van der Waals surface area contributed by atoms with Crippen LogP contribution in [-0.4, -0.2) is 37.2 Å². The van der Waals surface area contributed by atoms with Gasteiger partial charge in [0.2, 0.25) is 0 Å². The highest BCUT2D eigenvalue weighted by molar-refractivity contribution is 5.93. The molecule has 1 aromatic heterocycles. The average Bonchev–Trinajstić information content (AvgIpc) is 2.30. The van der Waals surface area contributed by atoms with E-state index in [1.807, 2.05) is 21.1 Å². The Kier molecular flexibility index (Phi) is 1.94. The minimum atomic E-state index is -0.890. The fourth-order valence-electron chi connectivity index (χ4n) is 1.08. The minimum absolute atomic E-state index is 0.336. The van der Waals surface area contributed by atoms with Crippen LogP contribution >= 0.6 is 0 Å². The van der Waals surface area contributed by atoms with E-state index in [9.17, 15) is 4.79 Å². The summed E-state index contributed by atoms with van der Waals surface area (Å²) < 4.78 is 0.505. The maximum atomic E-state index is 10.7. The molecule has 1 heterocycles. The summed E-state index contributed by atoms with van der Waals surface area (Å²) in [7, 11) is 5.78. The number of hydrogen-bond acceptors (Lipinski definition) is 1. The van der Waals surface area contributed by atoms with Crippen molar-refractivity contribution in [2.45, 2.75) is 0 Å². The molecule has 0 aromatic carbocycles. The summed E-state index contributed by atoms with van der Waals surface area (Å²) in [5.41, 5.74) is 1.12. The van der Waals surface area contributed by atoms with E-state index in [4.69, 9.17) is 5.11 Å². The number of aromatic carboxylic acids is 1. The third-order valence-electron chi connectivity index (χ3n) is 1.68. The lowest BCUT2D eigenvalue weighted by molar-refractivity contribution is 0.0696. The molecule has 4 nitrogen and oxygen atoms in total. The summed E-state index contributed by atoms with van der Waals surface area (Å²) in [5, 5.41) is 8.79. The Bertz CT molecular complexity index is 296. The Hall–Kier alpha value is -1.29. The van der Waals surface area contributed by atoms with E-state index in [0.717, 1.165) is 5.69 Å². The van der Waals surface area contributed by atoms with Gasteiger partial charge < -0.3 is 10.1 Å². The number of H-pyrrole nitrogens is 1. The molecule has 4 heteroatoms. The fraction of sp³-hybridized carbons (Fsp3) is 0.375. The first-order chi connectivity index (χ1) is 5.43. The van der Waals surface area contributed by atoms with Crippen molar-refractivity contribution in [3.05, 3.63) is 18.0 Å². The van der Waals surface area contributed by atoms with E-state index < -0.39 is 5.97 Å². The average molecular weight is 169 g/mol. The van der Waals surface area contributed by atoms with Crippen molar-refractivity contribution in [3.63, 3.8) is 0 Å². The second kappa shape index (κ2) is 2.64. The van der Waals surface area contributed by atoms with Crippen LogP contribution in [0.4, 0.5) is 5.69 Å². The van der Waals surface area contributed by atoms with Gasteiger partial charge in [0.25, 0.3) is 0 Å². The molecule has 0 unspecified atom stereocenters. The molecule has 1 aromatic rings. The lowest BCUT2D eigenvalue weighted by Crippen LogP contribution is -2.35. The van der Waals surface area contributed by atoms with Gasteiger partial charge in [-0.1, -0.05) is 0 Å². The van der Waals surface area contributed by atoms with Crippen molar-refractivity contribution in [1.82, 2.24) is 9.47 Å². The Morgan fingerprint density at radius 1 is 1.42 bits per heavy atom. The number of carbonyl (C=O) groups is 1. The number of rotatable bonds is 2. The smallest absolute Gasteiger partial charge is 0.343 e. The van der Waals surface area contributed by atoms with Crippen LogP contribution in [0.1, 0.15) is 10.4 Å². The highest BCUT2D eigenvalue weighted by Crippen LogP contribution is 2.21. The zero-order chi connectivity index (χ0) is 9.35. The number of carboxylic acids is 1. The van der Waals surface area contributed by atoms with E-state index in [-0.39, 0.29) is 0 Å². The highest BCUT2D eigenvalue weighted by atomic mass is 16.4.